The molecule has 4 aliphatic rings. The number of nitrogens with zero attached hydrogens (tertiary/aromatic N) is 2. The maximum absolute atomic E-state index is 12.7. The number of carboxylic acids is 1. The van der Waals surface area contributed by atoms with Gasteiger partial charge in [0.05, 0.1) is 0 Å². The Bertz CT molecular complexity index is 901. The number of carboxylic acid groups (broad SMARTS) is 1. The molecular formula is C21H27N3O6S. The zero-order valence-electron chi connectivity index (χ0n) is 17.8. The van der Waals surface area contributed by atoms with E-state index in [9.17, 15) is 24.3 Å². The van der Waals surface area contributed by atoms with Crippen LogP contribution < -0.4 is 5.32 Å². The quantitative estimate of drug-likeness (QED) is 0.485. The van der Waals surface area contributed by atoms with E-state index in [1.54, 1.807) is 26.8 Å². The first-order valence-electron chi connectivity index (χ1n) is 10.5. The maximum Gasteiger partial charge on any atom is 0.408 e. The van der Waals surface area contributed by atoms with Gasteiger partial charge in [-0.1, -0.05) is 0 Å². The molecule has 0 aromatic heterocycles. The molecule has 1 saturated carbocycles. The number of allylic oxidation sites excluding steroid dienone is 1. The van der Waals surface area contributed by atoms with E-state index in [0.29, 0.717) is 35.8 Å². The fraction of sp³-hybridized carbons (Fsp3) is 0.619. The lowest BCUT2D eigenvalue weighted by Gasteiger charge is -2.49. The minimum atomic E-state index is -1.22. The van der Waals surface area contributed by atoms with E-state index in [1.807, 2.05) is 4.90 Å². The van der Waals surface area contributed by atoms with Gasteiger partial charge in [-0.25, -0.2) is 9.59 Å². The van der Waals surface area contributed by atoms with E-state index >= 15 is 0 Å². The third-order valence-corrected chi connectivity index (χ3v) is 6.91. The van der Waals surface area contributed by atoms with Gasteiger partial charge in [0.1, 0.15) is 22.7 Å². The van der Waals surface area contributed by atoms with E-state index in [4.69, 9.17) is 4.74 Å². The normalized spacial score (nSPS) is 27.4. The summed E-state index contributed by atoms with van der Waals surface area (Å²) in [5.74, 6) is -0.833. The molecule has 0 aromatic rings. The van der Waals surface area contributed by atoms with Gasteiger partial charge >= 0.3 is 12.1 Å². The van der Waals surface area contributed by atoms with Crippen molar-refractivity contribution in [3.8, 4) is 0 Å². The molecule has 9 nitrogen and oxygen atoms in total. The second-order valence-corrected chi connectivity index (χ2v) is 10.4. The van der Waals surface area contributed by atoms with Gasteiger partial charge in [0, 0.05) is 24.4 Å². The third-order valence-electron chi connectivity index (χ3n) is 5.61. The Kier molecular flexibility index (Phi) is 5.53. The summed E-state index contributed by atoms with van der Waals surface area (Å²) in [6.45, 7) is 6.57. The molecule has 2 N–H and O–H groups in total. The minimum absolute atomic E-state index is 0.0457. The Morgan fingerprint density at radius 1 is 1.29 bits per heavy atom. The summed E-state index contributed by atoms with van der Waals surface area (Å²) < 4.78 is 5.20. The zero-order chi connectivity index (χ0) is 22.5. The van der Waals surface area contributed by atoms with Crippen molar-refractivity contribution in [2.75, 3.05) is 18.8 Å². The van der Waals surface area contributed by atoms with Gasteiger partial charge in [-0.2, -0.15) is 0 Å². The predicted octanol–water partition coefficient (Wildman–Crippen LogP) is 1.70. The Hall–Kier alpha value is -2.49. The molecule has 3 fully saturated rings. The molecule has 31 heavy (non-hydrogen) atoms. The van der Waals surface area contributed by atoms with Crippen LogP contribution in [-0.4, -0.2) is 74.6 Å². The van der Waals surface area contributed by atoms with E-state index in [2.05, 4.69) is 5.32 Å². The van der Waals surface area contributed by atoms with Crippen molar-refractivity contribution in [3.05, 3.63) is 22.9 Å². The summed E-state index contributed by atoms with van der Waals surface area (Å²) in [7, 11) is 0. The second kappa shape index (κ2) is 7.89. The Labute approximate surface area is 184 Å². The summed E-state index contributed by atoms with van der Waals surface area (Å²) in [6, 6.07) is -0.842. The summed E-state index contributed by atoms with van der Waals surface area (Å²) in [5.41, 5.74) is 0.222. The monoisotopic (exact) mass is 449 g/mol. The summed E-state index contributed by atoms with van der Waals surface area (Å²) in [5, 5.41) is 11.8. The number of ether oxygens (including phenoxy) is 1. The number of nitrogens with one attached hydrogen (secondary N) is 1. The molecule has 10 heteroatoms. The highest BCUT2D eigenvalue weighted by Crippen LogP contribution is 2.41. The SMILES string of the molecule is CC(C)(C)OC(=O)N[C@@H]1C(=O)N2C(C(=O)O)=C(C=C3CCN(CC4CC4)C3=O)CS[C@H]12. The van der Waals surface area contributed by atoms with Gasteiger partial charge in [-0.3, -0.25) is 14.5 Å². The lowest BCUT2D eigenvalue weighted by atomic mass is 10.0. The number of likely N-dealkylation sites (tertiary alicyclic amines) is 1. The highest BCUT2D eigenvalue weighted by atomic mass is 32.2. The molecule has 0 radical (unpaired) electrons. The Morgan fingerprint density at radius 2 is 2.00 bits per heavy atom. The lowest BCUT2D eigenvalue weighted by molar-refractivity contribution is -0.149. The molecule has 3 amide bonds. The van der Waals surface area contributed by atoms with Crippen molar-refractivity contribution >= 4 is 35.6 Å². The summed E-state index contributed by atoms with van der Waals surface area (Å²) in [6.07, 6.45) is 3.82. The molecule has 1 aliphatic carbocycles. The van der Waals surface area contributed by atoms with Gasteiger partial charge in [0.15, 0.2) is 0 Å². The number of alkyl carbamates (subject to hydrolysis) is 1. The van der Waals surface area contributed by atoms with Gasteiger partial charge < -0.3 is 20.1 Å². The summed E-state index contributed by atoms with van der Waals surface area (Å²) >= 11 is 1.36. The number of carbonyl (C=O) groups is 4. The minimum Gasteiger partial charge on any atom is -0.477 e. The van der Waals surface area contributed by atoms with Crippen LogP contribution in [0, 0.1) is 5.92 Å². The summed E-state index contributed by atoms with van der Waals surface area (Å²) in [4.78, 5) is 52.4. The fourth-order valence-corrected chi connectivity index (χ4v) is 5.29. The lowest BCUT2D eigenvalue weighted by Crippen LogP contribution is -2.70. The molecule has 3 aliphatic heterocycles. The van der Waals surface area contributed by atoms with Crippen molar-refractivity contribution in [2.24, 2.45) is 5.92 Å². The molecule has 168 valence electrons. The molecule has 0 unspecified atom stereocenters. The topological polar surface area (TPSA) is 116 Å². The molecule has 4 rings (SSSR count). The maximum atomic E-state index is 12.7. The van der Waals surface area contributed by atoms with Crippen molar-refractivity contribution in [1.29, 1.82) is 0 Å². The van der Waals surface area contributed by atoms with E-state index in [1.165, 1.54) is 16.7 Å². The number of β-lactam (4-membered cyclic amide) rings is 1. The van der Waals surface area contributed by atoms with Crippen LogP contribution in [0.4, 0.5) is 4.79 Å². The van der Waals surface area contributed by atoms with Gasteiger partial charge in [0.2, 0.25) is 5.91 Å². The molecular weight excluding hydrogens is 422 g/mol. The zero-order valence-corrected chi connectivity index (χ0v) is 18.7. The van der Waals surface area contributed by atoms with Crippen LogP contribution in [0.3, 0.4) is 0 Å². The van der Waals surface area contributed by atoms with Crippen LogP contribution in [0.5, 0.6) is 0 Å². The molecule has 2 saturated heterocycles. The highest BCUT2D eigenvalue weighted by Gasteiger charge is 2.54. The predicted molar refractivity (Wildman–Crippen MR) is 113 cm³/mol. The molecule has 3 heterocycles. The Morgan fingerprint density at radius 3 is 2.61 bits per heavy atom. The highest BCUT2D eigenvalue weighted by molar-refractivity contribution is 8.00. The second-order valence-electron chi connectivity index (χ2n) is 9.33. The first kappa shape index (κ1) is 21.7. The van der Waals surface area contributed by atoms with Crippen LogP contribution in [0.15, 0.2) is 22.9 Å². The van der Waals surface area contributed by atoms with Gasteiger partial charge in [0.25, 0.3) is 5.91 Å². The largest absolute Gasteiger partial charge is 0.477 e. The smallest absolute Gasteiger partial charge is 0.408 e. The first-order chi connectivity index (χ1) is 14.5. The van der Waals surface area contributed by atoms with Crippen molar-refractivity contribution in [3.63, 3.8) is 0 Å². The van der Waals surface area contributed by atoms with Crippen LogP contribution in [-0.2, 0) is 19.1 Å². The molecule has 0 bridgehead atoms. The number of aliphatic carboxylic acids is 1. The third kappa shape index (κ3) is 4.44. The fourth-order valence-electron chi connectivity index (χ4n) is 3.99. The van der Waals surface area contributed by atoms with Crippen molar-refractivity contribution in [2.45, 2.75) is 57.1 Å². The van der Waals surface area contributed by atoms with Gasteiger partial charge in [-0.05, 0) is 57.6 Å². The van der Waals surface area contributed by atoms with Crippen molar-refractivity contribution < 1.29 is 29.0 Å². The standard InChI is InChI=1S/C21H27N3O6S/c1-21(2,3)30-20(29)22-14-17(26)24-15(19(27)28)13(10-31-18(14)24)8-12-6-7-23(16(12)25)9-11-4-5-11/h8,11,14,18H,4-7,9-10H2,1-3H3,(H,22,29)(H,27,28)/t14-,18-/m1/s1. The molecule has 0 spiro atoms. The van der Waals surface area contributed by atoms with Crippen molar-refractivity contribution in [1.82, 2.24) is 15.1 Å². The Balaban J connectivity index is 1.50. The van der Waals surface area contributed by atoms with Crippen LogP contribution in [0.1, 0.15) is 40.0 Å². The number of thioether (sulfide) groups is 1. The molecule has 0 aromatic carbocycles. The van der Waals surface area contributed by atoms with Gasteiger partial charge in [-0.15, -0.1) is 11.8 Å². The first-order valence-corrected chi connectivity index (χ1v) is 11.5. The van der Waals surface area contributed by atoms with Crippen LogP contribution in [0.2, 0.25) is 0 Å². The van der Waals surface area contributed by atoms with Crippen LogP contribution >= 0.6 is 11.8 Å². The number of rotatable bonds is 5. The molecule has 2 atom stereocenters. The van der Waals surface area contributed by atoms with E-state index in [-0.39, 0.29) is 11.6 Å². The average molecular weight is 450 g/mol. The van der Waals surface area contributed by atoms with E-state index in [0.717, 1.165) is 19.4 Å². The number of hydrogen-bond donors (Lipinski definition) is 2. The number of fused-ring (bicyclic) bond motifs is 1. The number of carbonyl (C=O) groups excluding carboxylic acids is 3. The van der Waals surface area contributed by atoms with Crippen LogP contribution in [0.25, 0.3) is 0 Å². The number of hydrogen-bond acceptors (Lipinski definition) is 6. The number of amides is 3. The average Bonchev–Trinajstić information content (AvgIpc) is 3.43. The van der Waals surface area contributed by atoms with E-state index < -0.39 is 35.0 Å².